The Morgan fingerprint density at radius 3 is 2.71 bits per heavy atom. The fraction of sp³-hybridized carbons (Fsp3) is 0.833. The number of carbonyl (C=O) groups is 1. The number of likely N-dealkylation sites (N-methyl/N-ethyl adjacent to an activating group) is 1. The molecule has 1 amide bonds. The second kappa shape index (κ2) is 6.58. The van der Waals surface area contributed by atoms with Crippen LogP contribution in [0.3, 0.4) is 0 Å². The first-order valence-electron chi connectivity index (χ1n) is 6.07. The van der Waals surface area contributed by atoms with E-state index < -0.39 is 0 Å². The zero-order chi connectivity index (χ0) is 12.8. The topological polar surface area (TPSA) is 67.6 Å². The van der Waals surface area contributed by atoms with Gasteiger partial charge in [0.05, 0.1) is 25.1 Å². The Kier molecular flexibility index (Phi) is 5.39. The van der Waals surface area contributed by atoms with Crippen LogP contribution in [0.2, 0.25) is 0 Å². The van der Waals surface area contributed by atoms with Crippen molar-refractivity contribution in [3.05, 3.63) is 0 Å². The third kappa shape index (κ3) is 4.33. The van der Waals surface area contributed by atoms with E-state index in [1.165, 1.54) is 0 Å². The van der Waals surface area contributed by atoms with Crippen LogP contribution in [0.25, 0.3) is 0 Å². The van der Waals surface area contributed by atoms with Crippen molar-refractivity contribution < 1.29 is 9.90 Å². The maximum atomic E-state index is 11.9. The minimum atomic E-state index is -0.255. The molecule has 1 rings (SSSR count). The molecule has 1 saturated heterocycles. The summed E-state index contributed by atoms with van der Waals surface area (Å²) in [6, 6.07) is 2.20. The van der Waals surface area contributed by atoms with Crippen LogP contribution in [0, 0.1) is 11.3 Å². The minimum Gasteiger partial charge on any atom is -0.393 e. The second-order valence-electron chi connectivity index (χ2n) is 4.74. The molecule has 0 radical (unpaired) electrons. The number of aliphatic hydroxyl groups excluding tert-OH is 1. The lowest BCUT2D eigenvalue weighted by molar-refractivity contribution is -0.134. The van der Waals surface area contributed by atoms with E-state index in [0.717, 1.165) is 0 Å². The molecular formula is C12H21N3O2. The summed E-state index contributed by atoms with van der Waals surface area (Å²) >= 11 is 0. The second-order valence-corrected chi connectivity index (χ2v) is 4.74. The number of nitrogens with zero attached hydrogens (tertiary/aromatic N) is 3. The Hall–Kier alpha value is -1.12. The fourth-order valence-corrected chi connectivity index (χ4v) is 1.87. The number of nitriles is 1. The van der Waals surface area contributed by atoms with E-state index in [2.05, 4.69) is 6.07 Å². The molecule has 1 atom stereocenters. The van der Waals surface area contributed by atoms with Crippen LogP contribution < -0.4 is 0 Å². The van der Waals surface area contributed by atoms with E-state index in [1.54, 1.807) is 4.90 Å². The molecular weight excluding hydrogens is 218 g/mol. The molecule has 1 aliphatic heterocycles. The Balaban J connectivity index is 2.36. The third-order valence-corrected chi connectivity index (χ3v) is 3.34. The van der Waals surface area contributed by atoms with Gasteiger partial charge in [-0.2, -0.15) is 5.26 Å². The van der Waals surface area contributed by atoms with Gasteiger partial charge in [-0.05, 0) is 26.8 Å². The summed E-state index contributed by atoms with van der Waals surface area (Å²) in [5.41, 5.74) is 0. The molecule has 5 heteroatoms. The lowest BCUT2D eigenvalue weighted by Gasteiger charge is -2.32. The van der Waals surface area contributed by atoms with Gasteiger partial charge in [-0.3, -0.25) is 9.69 Å². The molecule has 96 valence electrons. The highest BCUT2D eigenvalue weighted by molar-refractivity contribution is 5.78. The van der Waals surface area contributed by atoms with Gasteiger partial charge in [-0.1, -0.05) is 0 Å². The van der Waals surface area contributed by atoms with E-state index in [-0.39, 0.29) is 18.1 Å². The van der Waals surface area contributed by atoms with Crippen LogP contribution in [0.5, 0.6) is 0 Å². The molecule has 5 nitrogen and oxygen atoms in total. The Morgan fingerprint density at radius 2 is 2.18 bits per heavy atom. The van der Waals surface area contributed by atoms with Crippen LogP contribution in [0.15, 0.2) is 0 Å². The molecule has 0 aliphatic carbocycles. The monoisotopic (exact) mass is 239 g/mol. The van der Waals surface area contributed by atoms with E-state index >= 15 is 0 Å². The number of hydrogen-bond donors (Lipinski definition) is 1. The lowest BCUT2D eigenvalue weighted by atomic mass is 10.1. The predicted octanol–water partition coefficient (Wildman–Crippen LogP) is 0.204. The van der Waals surface area contributed by atoms with Crippen molar-refractivity contribution in [2.45, 2.75) is 38.3 Å². The van der Waals surface area contributed by atoms with Crippen LogP contribution in [-0.4, -0.2) is 59.6 Å². The maximum Gasteiger partial charge on any atom is 0.236 e. The summed E-state index contributed by atoms with van der Waals surface area (Å²) in [5, 5.41) is 18.0. The minimum absolute atomic E-state index is 0.0872. The lowest BCUT2D eigenvalue weighted by Crippen LogP contribution is -2.45. The molecule has 1 fully saturated rings. The van der Waals surface area contributed by atoms with Crippen LogP contribution >= 0.6 is 0 Å². The summed E-state index contributed by atoms with van der Waals surface area (Å²) in [5.74, 6) is 0.0872. The van der Waals surface area contributed by atoms with Crippen molar-refractivity contribution in [1.29, 1.82) is 5.26 Å². The highest BCUT2D eigenvalue weighted by Crippen LogP contribution is 2.10. The normalized spacial score (nSPS) is 19.1. The van der Waals surface area contributed by atoms with E-state index in [4.69, 9.17) is 5.26 Å². The number of piperidine rings is 1. The quantitative estimate of drug-likeness (QED) is 0.761. The van der Waals surface area contributed by atoms with Crippen molar-refractivity contribution in [1.82, 2.24) is 9.80 Å². The van der Waals surface area contributed by atoms with Gasteiger partial charge in [-0.25, -0.2) is 0 Å². The molecule has 0 aromatic rings. The van der Waals surface area contributed by atoms with Gasteiger partial charge in [-0.15, -0.1) is 0 Å². The molecule has 1 aliphatic rings. The van der Waals surface area contributed by atoms with Gasteiger partial charge in [0.2, 0.25) is 5.91 Å². The van der Waals surface area contributed by atoms with Gasteiger partial charge < -0.3 is 10.0 Å². The predicted molar refractivity (Wildman–Crippen MR) is 64.1 cm³/mol. The molecule has 1 unspecified atom stereocenters. The van der Waals surface area contributed by atoms with Crippen LogP contribution in [-0.2, 0) is 4.79 Å². The molecule has 0 aromatic heterocycles. The molecule has 0 spiro atoms. The van der Waals surface area contributed by atoms with Crippen LogP contribution in [0.4, 0.5) is 0 Å². The average Bonchev–Trinajstić information content (AvgIpc) is 2.30. The number of likely N-dealkylation sites (tertiary alicyclic amines) is 1. The average molecular weight is 239 g/mol. The van der Waals surface area contributed by atoms with E-state index in [1.807, 2.05) is 18.9 Å². The Labute approximate surface area is 103 Å². The van der Waals surface area contributed by atoms with Crippen molar-refractivity contribution >= 4 is 5.91 Å². The largest absolute Gasteiger partial charge is 0.393 e. The highest BCUT2D eigenvalue weighted by Gasteiger charge is 2.22. The van der Waals surface area contributed by atoms with Crippen molar-refractivity contribution in [2.75, 3.05) is 26.7 Å². The number of carbonyl (C=O) groups excluding carboxylic acids is 1. The first kappa shape index (κ1) is 13.9. The zero-order valence-electron chi connectivity index (χ0n) is 10.6. The van der Waals surface area contributed by atoms with Gasteiger partial charge in [0.25, 0.3) is 0 Å². The Bertz CT molecular complexity index is 293. The molecule has 0 saturated carbocycles. The highest BCUT2D eigenvalue weighted by atomic mass is 16.3. The van der Waals surface area contributed by atoms with Gasteiger partial charge in [0, 0.05) is 19.1 Å². The number of aliphatic hydroxyl groups is 1. The summed E-state index contributed by atoms with van der Waals surface area (Å²) in [6.45, 7) is 3.57. The summed E-state index contributed by atoms with van der Waals surface area (Å²) < 4.78 is 0. The standard InChI is InChI=1S/C12H21N3O2/c1-10(3-6-13)14(2)9-12(17)15-7-4-11(16)5-8-15/h10-11,16H,3-5,7-9H2,1-2H3. The fourth-order valence-electron chi connectivity index (χ4n) is 1.87. The first-order chi connectivity index (χ1) is 8.04. The van der Waals surface area contributed by atoms with Gasteiger partial charge in [0.15, 0.2) is 0 Å². The summed E-state index contributed by atoms with van der Waals surface area (Å²) in [6.07, 6.45) is 1.52. The number of rotatable bonds is 4. The SMILES string of the molecule is CC(CC#N)N(C)CC(=O)N1CCC(O)CC1. The maximum absolute atomic E-state index is 11.9. The number of amides is 1. The summed E-state index contributed by atoms with van der Waals surface area (Å²) in [7, 11) is 1.86. The van der Waals surface area contributed by atoms with Gasteiger partial charge >= 0.3 is 0 Å². The van der Waals surface area contributed by atoms with Gasteiger partial charge in [0.1, 0.15) is 0 Å². The molecule has 0 aromatic carbocycles. The van der Waals surface area contributed by atoms with Crippen molar-refractivity contribution in [3.63, 3.8) is 0 Å². The third-order valence-electron chi connectivity index (χ3n) is 3.34. The van der Waals surface area contributed by atoms with Crippen molar-refractivity contribution in [2.24, 2.45) is 0 Å². The van der Waals surface area contributed by atoms with Crippen LogP contribution in [0.1, 0.15) is 26.2 Å². The zero-order valence-corrected chi connectivity index (χ0v) is 10.6. The van der Waals surface area contributed by atoms with E-state index in [9.17, 15) is 9.90 Å². The molecule has 1 N–H and O–H groups in total. The molecule has 17 heavy (non-hydrogen) atoms. The number of hydrogen-bond acceptors (Lipinski definition) is 4. The smallest absolute Gasteiger partial charge is 0.236 e. The Morgan fingerprint density at radius 1 is 1.59 bits per heavy atom. The summed E-state index contributed by atoms with van der Waals surface area (Å²) in [4.78, 5) is 15.6. The molecule has 0 bridgehead atoms. The van der Waals surface area contributed by atoms with E-state index in [0.29, 0.717) is 38.9 Å². The molecule has 1 heterocycles. The first-order valence-corrected chi connectivity index (χ1v) is 6.07. The van der Waals surface area contributed by atoms with Crippen molar-refractivity contribution in [3.8, 4) is 6.07 Å².